The van der Waals surface area contributed by atoms with E-state index >= 15 is 0 Å². The zero-order valence-corrected chi connectivity index (χ0v) is 15.3. The SMILES string of the molecule is COC(=O)c1ccc(NC(=O)N2CCc3[nH]cnc3C2c2ccccn2)cc1. The van der Waals surface area contributed by atoms with Crippen molar-refractivity contribution in [2.45, 2.75) is 12.5 Å². The molecule has 0 radical (unpaired) electrons. The number of aromatic amines is 1. The average Bonchev–Trinajstić information content (AvgIpc) is 3.22. The van der Waals surface area contributed by atoms with Gasteiger partial charge in [0.15, 0.2) is 0 Å². The van der Waals surface area contributed by atoms with Gasteiger partial charge in [-0.25, -0.2) is 14.6 Å². The molecule has 0 saturated heterocycles. The number of anilines is 1. The molecule has 0 spiro atoms. The number of esters is 1. The predicted molar refractivity (Wildman–Crippen MR) is 102 cm³/mol. The highest BCUT2D eigenvalue weighted by Gasteiger charge is 2.34. The van der Waals surface area contributed by atoms with Gasteiger partial charge in [-0.3, -0.25) is 4.98 Å². The number of H-pyrrole nitrogens is 1. The van der Waals surface area contributed by atoms with Gasteiger partial charge < -0.3 is 19.9 Å². The van der Waals surface area contributed by atoms with Crippen LogP contribution in [0.2, 0.25) is 0 Å². The highest BCUT2D eigenvalue weighted by molar-refractivity contribution is 5.92. The summed E-state index contributed by atoms with van der Waals surface area (Å²) >= 11 is 0. The molecule has 2 aromatic heterocycles. The van der Waals surface area contributed by atoms with E-state index in [0.717, 1.165) is 17.1 Å². The Kier molecular flexibility index (Phi) is 4.76. The summed E-state index contributed by atoms with van der Waals surface area (Å²) in [5.41, 5.74) is 3.59. The topological polar surface area (TPSA) is 100 Å². The summed E-state index contributed by atoms with van der Waals surface area (Å²) in [6.45, 7) is 0.530. The molecule has 1 aliphatic rings. The largest absolute Gasteiger partial charge is 0.465 e. The smallest absolute Gasteiger partial charge is 0.337 e. The molecule has 4 rings (SSSR count). The Morgan fingerprint density at radius 2 is 2.00 bits per heavy atom. The van der Waals surface area contributed by atoms with Crippen LogP contribution in [0.25, 0.3) is 0 Å². The van der Waals surface area contributed by atoms with E-state index in [2.05, 4.69) is 25.0 Å². The summed E-state index contributed by atoms with van der Waals surface area (Å²) in [6, 6.07) is 11.6. The lowest BCUT2D eigenvalue weighted by molar-refractivity contribution is 0.0600. The fourth-order valence-electron chi connectivity index (χ4n) is 3.34. The summed E-state index contributed by atoms with van der Waals surface area (Å²) in [5.74, 6) is -0.421. The van der Waals surface area contributed by atoms with Crippen LogP contribution in [0.4, 0.5) is 10.5 Å². The third kappa shape index (κ3) is 3.32. The van der Waals surface area contributed by atoms with E-state index in [1.807, 2.05) is 18.2 Å². The maximum Gasteiger partial charge on any atom is 0.337 e. The number of nitrogens with zero attached hydrogens (tertiary/aromatic N) is 3. The Labute approximate surface area is 161 Å². The minimum Gasteiger partial charge on any atom is -0.465 e. The van der Waals surface area contributed by atoms with E-state index in [4.69, 9.17) is 0 Å². The standard InChI is InChI=1S/C20H19N5O3/c1-28-19(26)13-5-7-14(8-6-13)24-20(27)25-11-9-15-17(23-12-22-15)18(25)16-4-2-3-10-21-16/h2-8,10,12,18H,9,11H2,1H3,(H,22,23)(H,24,27). The number of pyridine rings is 1. The molecular weight excluding hydrogens is 358 g/mol. The Hall–Kier alpha value is -3.68. The molecule has 28 heavy (non-hydrogen) atoms. The van der Waals surface area contributed by atoms with Crippen LogP contribution in [0.3, 0.4) is 0 Å². The maximum atomic E-state index is 13.0. The van der Waals surface area contributed by atoms with Crippen molar-refractivity contribution in [3.8, 4) is 0 Å². The van der Waals surface area contributed by atoms with E-state index in [-0.39, 0.29) is 12.1 Å². The highest BCUT2D eigenvalue weighted by Crippen LogP contribution is 2.32. The van der Waals surface area contributed by atoms with E-state index in [1.54, 1.807) is 41.7 Å². The first kappa shape index (κ1) is 17.7. The van der Waals surface area contributed by atoms with Gasteiger partial charge in [0, 0.05) is 30.5 Å². The van der Waals surface area contributed by atoms with Crippen LogP contribution in [-0.2, 0) is 11.2 Å². The second kappa shape index (κ2) is 7.51. The molecule has 3 heterocycles. The van der Waals surface area contributed by atoms with Crippen molar-refractivity contribution >= 4 is 17.7 Å². The number of imidazole rings is 1. The Morgan fingerprint density at radius 1 is 1.18 bits per heavy atom. The number of rotatable bonds is 3. The molecule has 8 nitrogen and oxygen atoms in total. The third-order valence-corrected chi connectivity index (χ3v) is 4.71. The van der Waals surface area contributed by atoms with Crippen molar-refractivity contribution in [2.24, 2.45) is 0 Å². The molecular formula is C20H19N5O3. The van der Waals surface area contributed by atoms with Gasteiger partial charge in [0.1, 0.15) is 6.04 Å². The molecule has 2 N–H and O–H groups in total. The van der Waals surface area contributed by atoms with Crippen LogP contribution < -0.4 is 5.32 Å². The monoisotopic (exact) mass is 377 g/mol. The molecule has 0 aliphatic carbocycles. The maximum absolute atomic E-state index is 13.0. The van der Waals surface area contributed by atoms with Gasteiger partial charge in [-0.1, -0.05) is 6.07 Å². The molecule has 0 saturated carbocycles. The molecule has 1 aromatic carbocycles. The zero-order chi connectivity index (χ0) is 19.5. The van der Waals surface area contributed by atoms with Gasteiger partial charge in [-0.05, 0) is 36.4 Å². The molecule has 1 aliphatic heterocycles. The minimum atomic E-state index is -0.421. The molecule has 8 heteroatoms. The highest BCUT2D eigenvalue weighted by atomic mass is 16.5. The number of nitrogens with one attached hydrogen (secondary N) is 2. The zero-order valence-electron chi connectivity index (χ0n) is 15.3. The normalized spacial score (nSPS) is 15.6. The fraction of sp³-hybridized carbons (Fsp3) is 0.200. The summed E-state index contributed by atoms with van der Waals surface area (Å²) in [4.78, 5) is 38.3. The minimum absolute atomic E-state index is 0.255. The second-order valence-corrected chi connectivity index (χ2v) is 6.37. The number of carbonyl (C=O) groups is 2. The summed E-state index contributed by atoms with van der Waals surface area (Å²) in [6.07, 6.45) is 4.04. The first-order valence-corrected chi connectivity index (χ1v) is 8.86. The Morgan fingerprint density at radius 3 is 2.71 bits per heavy atom. The predicted octanol–water partition coefficient (Wildman–Crippen LogP) is 2.77. The number of urea groups is 1. The van der Waals surface area contributed by atoms with E-state index in [0.29, 0.717) is 24.2 Å². The summed E-state index contributed by atoms with van der Waals surface area (Å²) in [5, 5.41) is 2.89. The average molecular weight is 377 g/mol. The number of fused-ring (bicyclic) bond motifs is 1. The van der Waals surface area contributed by atoms with Crippen molar-refractivity contribution in [3.63, 3.8) is 0 Å². The quantitative estimate of drug-likeness (QED) is 0.684. The van der Waals surface area contributed by atoms with E-state index in [9.17, 15) is 9.59 Å². The molecule has 1 atom stereocenters. The van der Waals surface area contributed by atoms with Crippen molar-refractivity contribution in [2.75, 3.05) is 19.0 Å². The number of carbonyl (C=O) groups excluding carboxylic acids is 2. The van der Waals surface area contributed by atoms with Crippen LogP contribution in [-0.4, -0.2) is 45.5 Å². The number of aromatic nitrogens is 3. The van der Waals surface area contributed by atoms with E-state index in [1.165, 1.54) is 7.11 Å². The van der Waals surface area contributed by atoms with Crippen molar-refractivity contribution in [3.05, 3.63) is 77.6 Å². The van der Waals surface area contributed by atoms with Crippen LogP contribution >= 0.6 is 0 Å². The van der Waals surface area contributed by atoms with Gasteiger partial charge in [-0.2, -0.15) is 0 Å². The second-order valence-electron chi connectivity index (χ2n) is 6.37. The number of benzene rings is 1. The van der Waals surface area contributed by atoms with Gasteiger partial charge in [-0.15, -0.1) is 0 Å². The molecule has 142 valence electrons. The van der Waals surface area contributed by atoms with Crippen LogP contribution in [0.1, 0.15) is 33.5 Å². The number of hydrogen-bond donors (Lipinski definition) is 2. The van der Waals surface area contributed by atoms with Crippen LogP contribution in [0.5, 0.6) is 0 Å². The fourth-order valence-corrected chi connectivity index (χ4v) is 3.34. The van der Waals surface area contributed by atoms with Crippen LogP contribution in [0.15, 0.2) is 55.0 Å². The first-order chi connectivity index (χ1) is 13.7. The summed E-state index contributed by atoms with van der Waals surface area (Å²) < 4.78 is 4.69. The number of amides is 2. The number of hydrogen-bond acceptors (Lipinski definition) is 5. The van der Waals surface area contributed by atoms with E-state index < -0.39 is 5.97 Å². The first-order valence-electron chi connectivity index (χ1n) is 8.86. The lowest BCUT2D eigenvalue weighted by Gasteiger charge is -2.34. The van der Waals surface area contributed by atoms with Gasteiger partial charge >= 0.3 is 12.0 Å². The molecule has 1 unspecified atom stereocenters. The lowest BCUT2D eigenvalue weighted by Crippen LogP contribution is -2.43. The Bertz CT molecular complexity index is 985. The van der Waals surface area contributed by atoms with Crippen molar-refractivity contribution in [1.82, 2.24) is 19.9 Å². The van der Waals surface area contributed by atoms with Crippen molar-refractivity contribution < 1.29 is 14.3 Å². The number of methoxy groups -OCH3 is 1. The van der Waals surface area contributed by atoms with Gasteiger partial charge in [0.05, 0.1) is 30.4 Å². The molecule has 0 bridgehead atoms. The third-order valence-electron chi connectivity index (χ3n) is 4.71. The molecule has 3 aromatic rings. The van der Waals surface area contributed by atoms with Crippen molar-refractivity contribution in [1.29, 1.82) is 0 Å². The Balaban J connectivity index is 1.58. The lowest BCUT2D eigenvalue weighted by atomic mass is 10.00. The molecule has 0 fully saturated rings. The van der Waals surface area contributed by atoms with Gasteiger partial charge in [0.25, 0.3) is 0 Å². The van der Waals surface area contributed by atoms with Crippen LogP contribution in [0, 0.1) is 0 Å². The number of ether oxygens (including phenoxy) is 1. The summed E-state index contributed by atoms with van der Waals surface area (Å²) in [7, 11) is 1.33. The molecule has 2 amide bonds. The van der Waals surface area contributed by atoms with Gasteiger partial charge in [0.2, 0.25) is 0 Å².